The molecule has 2 amide bonds. The molecule has 1 rings (SSSR count). The van der Waals surface area contributed by atoms with E-state index >= 15 is 0 Å². The van der Waals surface area contributed by atoms with Crippen LogP contribution in [0.25, 0.3) is 0 Å². The number of anilines is 1. The maximum atomic E-state index is 11.9. The van der Waals surface area contributed by atoms with Gasteiger partial charge in [-0.1, -0.05) is 0 Å². The van der Waals surface area contributed by atoms with Gasteiger partial charge in [-0.3, -0.25) is 9.59 Å². The zero-order chi connectivity index (χ0) is 20.4. The molecule has 1 aromatic rings. The molecule has 0 spiro atoms. The summed E-state index contributed by atoms with van der Waals surface area (Å²) in [5, 5.41) is 5.01. The molecule has 0 heterocycles. The van der Waals surface area contributed by atoms with Gasteiger partial charge in [-0.15, -0.1) is 0 Å². The van der Waals surface area contributed by atoms with Gasteiger partial charge in [-0.2, -0.15) is 0 Å². The molecule has 0 fully saturated rings. The van der Waals surface area contributed by atoms with Crippen molar-refractivity contribution in [2.75, 3.05) is 32.7 Å². The lowest BCUT2D eigenvalue weighted by molar-refractivity contribution is -0.147. The fraction of sp³-hybridized carbons (Fsp3) is 0.500. The Morgan fingerprint density at radius 2 is 1.59 bits per heavy atom. The minimum Gasteiger partial charge on any atom is -0.497 e. The lowest BCUT2D eigenvalue weighted by Gasteiger charge is -2.19. The van der Waals surface area contributed by atoms with Gasteiger partial charge in [0, 0.05) is 30.4 Å². The van der Waals surface area contributed by atoms with Crippen molar-refractivity contribution in [2.45, 2.75) is 32.8 Å². The molecule has 27 heavy (non-hydrogen) atoms. The number of amides is 2. The maximum Gasteiger partial charge on any atom is 0.407 e. The summed E-state index contributed by atoms with van der Waals surface area (Å²) in [6.45, 7) is 4.79. The van der Waals surface area contributed by atoms with E-state index in [1.54, 1.807) is 39.0 Å². The molecule has 1 aromatic carbocycles. The van der Waals surface area contributed by atoms with E-state index in [1.165, 1.54) is 14.2 Å². The van der Waals surface area contributed by atoms with Crippen LogP contribution in [0.3, 0.4) is 0 Å². The molecule has 0 aliphatic carbocycles. The Kier molecular flexibility index (Phi) is 8.37. The van der Waals surface area contributed by atoms with Crippen LogP contribution in [0.5, 0.6) is 11.5 Å². The third-order valence-corrected chi connectivity index (χ3v) is 3.00. The lowest BCUT2D eigenvalue weighted by Crippen LogP contribution is -2.34. The number of hydrogen-bond acceptors (Lipinski definition) is 7. The van der Waals surface area contributed by atoms with Gasteiger partial charge in [-0.05, 0) is 20.8 Å². The SMILES string of the molecule is COc1cc(NC(=O)COC(=O)CCNC(=O)OC(C)(C)C)cc(OC)c1. The zero-order valence-electron chi connectivity index (χ0n) is 16.2. The minimum absolute atomic E-state index is 0.0441. The van der Waals surface area contributed by atoms with Gasteiger partial charge in [0.15, 0.2) is 6.61 Å². The highest BCUT2D eigenvalue weighted by Gasteiger charge is 2.16. The summed E-state index contributed by atoms with van der Waals surface area (Å²) in [6, 6.07) is 4.87. The second-order valence-corrected chi connectivity index (χ2v) is 6.49. The number of ether oxygens (including phenoxy) is 4. The average Bonchev–Trinajstić information content (AvgIpc) is 2.58. The van der Waals surface area contributed by atoms with Crippen LogP contribution < -0.4 is 20.1 Å². The minimum atomic E-state index is -0.625. The van der Waals surface area contributed by atoms with Crippen molar-refractivity contribution in [2.24, 2.45) is 0 Å². The van der Waals surface area contributed by atoms with Gasteiger partial charge in [0.25, 0.3) is 5.91 Å². The summed E-state index contributed by atoms with van der Waals surface area (Å²) in [5.41, 5.74) is -0.176. The monoisotopic (exact) mass is 382 g/mol. The van der Waals surface area contributed by atoms with E-state index in [-0.39, 0.29) is 13.0 Å². The molecule has 0 unspecified atom stereocenters. The van der Waals surface area contributed by atoms with Crippen molar-refractivity contribution in [3.8, 4) is 11.5 Å². The highest BCUT2D eigenvalue weighted by atomic mass is 16.6. The van der Waals surface area contributed by atoms with Gasteiger partial charge in [0.2, 0.25) is 0 Å². The smallest absolute Gasteiger partial charge is 0.407 e. The number of esters is 1. The molecule has 150 valence electrons. The van der Waals surface area contributed by atoms with Crippen LogP contribution in [0.2, 0.25) is 0 Å². The number of alkyl carbamates (subject to hydrolysis) is 1. The normalized spacial score (nSPS) is 10.6. The summed E-state index contributed by atoms with van der Waals surface area (Å²) < 4.78 is 20.1. The molecular formula is C18H26N2O7. The van der Waals surface area contributed by atoms with E-state index in [2.05, 4.69) is 10.6 Å². The fourth-order valence-electron chi connectivity index (χ4n) is 1.88. The van der Waals surface area contributed by atoms with Crippen molar-refractivity contribution in [3.63, 3.8) is 0 Å². The summed E-state index contributed by atoms with van der Waals surface area (Å²) >= 11 is 0. The predicted octanol–water partition coefficient (Wildman–Crippen LogP) is 2.10. The van der Waals surface area contributed by atoms with E-state index in [0.29, 0.717) is 17.2 Å². The van der Waals surface area contributed by atoms with Crippen LogP contribution in [0.1, 0.15) is 27.2 Å². The largest absolute Gasteiger partial charge is 0.497 e. The topological polar surface area (TPSA) is 112 Å². The highest BCUT2D eigenvalue weighted by Crippen LogP contribution is 2.25. The highest BCUT2D eigenvalue weighted by molar-refractivity contribution is 5.93. The van der Waals surface area contributed by atoms with Crippen LogP contribution in [-0.2, 0) is 19.1 Å². The zero-order valence-corrected chi connectivity index (χ0v) is 16.2. The Balaban J connectivity index is 2.36. The van der Waals surface area contributed by atoms with Crippen LogP contribution in [0.15, 0.2) is 18.2 Å². The Labute approximate surface area is 158 Å². The standard InChI is InChI=1S/C18H26N2O7/c1-18(2,3)27-17(23)19-7-6-16(22)26-11-15(21)20-12-8-13(24-4)10-14(9-12)25-5/h8-10H,6-7,11H2,1-5H3,(H,19,23)(H,20,21). The predicted molar refractivity (Wildman–Crippen MR) is 98.0 cm³/mol. The van der Waals surface area contributed by atoms with Gasteiger partial charge >= 0.3 is 12.1 Å². The lowest BCUT2D eigenvalue weighted by atomic mass is 10.2. The number of rotatable bonds is 8. The Hall–Kier alpha value is -2.97. The number of carbonyl (C=O) groups is 3. The number of hydrogen-bond donors (Lipinski definition) is 2. The first-order valence-electron chi connectivity index (χ1n) is 8.28. The number of nitrogens with one attached hydrogen (secondary N) is 2. The molecule has 0 aliphatic rings. The van der Waals surface area contributed by atoms with Gasteiger partial charge < -0.3 is 29.6 Å². The van der Waals surface area contributed by atoms with E-state index < -0.39 is 30.2 Å². The van der Waals surface area contributed by atoms with Crippen molar-refractivity contribution < 1.29 is 33.3 Å². The number of methoxy groups -OCH3 is 2. The molecule has 0 radical (unpaired) electrons. The van der Waals surface area contributed by atoms with Crippen LogP contribution in [-0.4, -0.2) is 50.9 Å². The van der Waals surface area contributed by atoms with Crippen molar-refractivity contribution >= 4 is 23.7 Å². The van der Waals surface area contributed by atoms with E-state index in [0.717, 1.165) is 0 Å². The third kappa shape index (κ3) is 9.34. The van der Waals surface area contributed by atoms with Gasteiger partial charge in [0.1, 0.15) is 17.1 Å². The van der Waals surface area contributed by atoms with E-state index in [4.69, 9.17) is 18.9 Å². The van der Waals surface area contributed by atoms with Crippen molar-refractivity contribution in [1.29, 1.82) is 0 Å². The molecule has 0 aliphatic heterocycles. The maximum absolute atomic E-state index is 11.9. The molecule has 0 aromatic heterocycles. The van der Waals surface area contributed by atoms with E-state index in [9.17, 15) is 14.4 Å². The first-order chi connectivity index (χ1) is 12.6. The molecule has 2 N–H and O–H groups in total. The molecule has 9 heteroatoms. The Bertz CT molecular complexity index is 646. The Morgan fingerprint density at radius 3 is 2.11 bits per heavy atom. The Morgan fingerprint density at radius 1 is 1.00 bits per heavy atom. The average molecular weight is 382 g/mol. The first kappa shape index (κ1) is 22.1. The van der Waals surface area contributed by atoms with Crippen molar-refractivity contribution in [1.82, 2.24) is 5.32 Å². The second kappa shape index (κ2) is 10.2. The van der Waals surface area contributed by atoms with Gasteiger partial charge in [-0.25, -0.2) is 4.79 Å². The first-order valence-corrected chi connectivity index (χ1v) is 8.28. The number of carbonyl (C=O) groups excluding carboxylic acids is 3. The number of benzene rings is 1. The van der Waals surface area contributed by atoms with E-state index in [1.807, 2.05) is 0 Å². The van der Waals surface area contributed by atoms with Crippen LogP contribution in [0, 0.1) is 0 Å². The molecular weight excluding hydrogens is 356 g/mol. The van der Waals surface area contributed by atoms with Gasteiger partial charge in [0.05, 0.1) is 20.6 Å². The van der Waals surface area contributed by atoms with Crippen LogP contribution >= 0.6 is 0 Å². The summed E-state index contributed by atoms with van der Waals surface area (Å²) in [7, 11) is 2.99. The van der Waals surface area contributed by atoms with Crippen LogP contribution in [0.4, 0.5) is 10.5 Å². The third-order valence-electron chi connectivity index (χ3n) is 3.00. The quantitative estimate of drug-likeness (QED) is 0.662. The second-order valence-electron chi connectivity index (χ2n) is 6.49. The summed E-state index contributed by atoms with van der Waals surface area (Å²) in [5.74, 6) is -0.118. The molecule has 0 bridgehead atoms. The fourth-order valence-corrected chi connectivity index (χ4v) is 1.88. The van der Waals surface area contributed by atoms with Crippen molar-refractivity contribution in [3.05, 3.63) is 18.2 Å². The molecule has 0 saturated carbocycles. The molecule has 0 saturated heterocycles. The summed E-state index contributed by atoms with van der Waals surface area (Å²) in [6.07, 6.45) is -0.709. The summed E-state index contributed by atoms with van der Waals surface area (Å²) in [4.78, 5) is 35.0. The molecule has 9 nitrogen and oxygen atoms in total. The molecule has 0 atom stereocenters.